The predicted octanol–water partition coefficient (Wildman–Crippen LogP) is 4.70. The molecule has 3 aromatic carbocycles. The highest BCUT2D eigenvalue weighted by atomic mass is 32.2. The van der Waals surface area contributed by atoms with Gasteiger partial charge in [0.05, 0.1) is 10.6 Å². The van der Waals surface area contributed by atoms with E-state index in [4.69, 9.17) is 0 Å². The standard InChI is InChI=1S/C30H36FN3O4S/c1-5-28(30(36)32-22(2)3)33(20-19-24-9-7-6-8-10-24)29(35)21-34(26-15-11-23(4)12-16-26)39(37,38)27-17-13-25(31)14-18-27/h6-18,22,28H,5,19-21H2,1-4H3,(H,32,36)/t28-/m0/s1. The van der Waals surface area contributed by atoms with E-state index in [0.717, 1.165) is 27.6 Å². The van der Waals surface area contributed by atoms with Gasteiger partial charge in [-0.1, -0.05) is 55.0 Å². The number of carbonyl (C=O) groups excluding carboxylic acids is 2. The Morgan fingerprint density at radius 1 is 0.923 bits per heavy atom. The summed E-state index contributed by atoms with van der Waals surface area (Å²) in [7, 11) is -4.23. The normalized spacial score (nSPS) is 12.2. The van der Waals surface area contributed by atoms with Crippen molar-refractivity contribution in [2.24, 2.45) is 0 Å². The van der Waals surface area contributed by atoms with Crippen molar-refractivity contribution in [3.63, 3.8) is 0 Å². The third-order valence-electron chi connectivity index (χ3n) is 6.30. The maximum atomic E-state index is 13.9. The van der Waals surface area contributed by atoms with Gasteiger partial charge in [-0.3, -0.25) is 13.9 Å². The quantitative estimate of drug-likeness (QED) is 0.352. The molecule has 9 heteroatoms. The zero-order valence-electron chi connectivity index (χ0n) is 22.8. The molecule has 3 rings (SSSR count). The van der Waals surface area contributed by atoms with Crippen LogP contribution in [0, 0.1) is 12.7 Å². The van der Waals surface area contributed by atoms with Crippen LogP contribution in [0.4, 0.5) is 10.1 Å². The van der Waals surface area contributed by atoms with Crippen molar-refractivity contribution < 1.29 is 22.4 Å². The van der Waals surface area contributed by atoms with Gasteiger partial charge in [-0.25, -0.2) is 12.8 Å². The summed E-state index contributed by atoms with van der Waals surface area (Å²) in [5.74, 6) is -1.37. The minimum absolute atomic E-state index is 0.125. The third kappa shape index (κ3) is 7.89. The summed E-state index contributed by atoms with van der Waals surface area (Å²) in [6, 6.07) is 19.9. The molecule has 1 N–H and O–H groups in total. The van der Waals surface area contributed by atoms with E-state index in [0.29, 0.717) is 18.5 Å². The van der Waals surface area contributed by atoms with E-state index in [1.54, 1.807) is 24.3 Å². The van der Waals surface area contributed by atoms with Crippen LogP contribution in [0.15, 0.2) is 83.8 Å². The summed E-state index contributed by atoms with van der Waals surface area (Å²) < 4.78 is 42.1. The lowest BCUT2D eigenvalue weighted by Gasteiger charge is -2.33. The first kappa shape index (κ1) is 29.8. The number of aryl methyl sites for hydroxylation is 1. The van der Waals surface area contributed by atoms with E-state index in [9.17, 15) is 22.4 Å². The number of hydrogen-bond donors (Lipinski definition) is 1. The first-order valence-electron chi connectivity index (χ1n) is 13.0. The summed E-state index contributed by atoms with van der Waals surface area (Å²) in [6.07, 6.45) is 0.849. The molecule has 39 heavy (non-hydrogen) atoms. The smallest absolute Gasteiger partial charge is 0.264 e. The summed E-state index contributed by atoms with van der Waals surface area (Å²) in [6.45, 7) is 7.08. The molecule has 0 heterocycles. The molecule has 3 aromatic rings. The molecule has 0 bridgehead atoms. The first-order chi connectivity index (χ1) is 18.5. The molecule has 0 fully saturated rings. The highest BCUT2D eigenvalue weighted by Crippen LogP contribution is 2.25. The van der Waals surface area contributed by atoms with Crippen molar-refractivity contribution in [2.75, 3.05) is 17.4 Å². The molecule has 0 aliphatic carbocycles. The molecule has 0 saturated heterocycles. The molecule has 0 aliphatic rings. The minimum Gasteiger partial charge on any atom is -0.352 e. The molecule has 0 aromatic heterocycles. The summed E-state index contributed by atoms with van der Waals surface area (Å²) in [4.78, 5) is 28.4. The SMILES string of the molecule is CC[C@@H](C(=O)NC(C)C)N(CCc1ccccc1)C(=O)CN(c1ccc(C)cc1)S(=O)(=O)c1ccc(F)cc1. The van der Waals surface area contributed by atoms with Crippen LogP contribution in [0.25, 0.3) is 0 Å². The average molecular weight is 554 g/mol. The molecule has 0 saturated carbocycles. The van der Waals surface area contributed by atoms with Gasteiger partial charge < -0.3 is 10.2 Å². The van der Waals surface area contributed by atoms with Gasteiger partial charge in [-0.2, -0.15) is 0 Å². The molecular weight excluding hydrogens is 517 g/mol. The van der Waals surface area contributed by atoms with Crippen molar-refractivity contribution in [1.82, 2.24) is 10.2 Å². The van der Waals surface area contributed by atoms with E-state index >= 15 is 0 Å². The van der Waals surface area contributed by atoms with Crippen LogP contribution in [0.2, 0.25) is 0 Å². The molecular formula is C30H36FN3O4S. The maximum Gasteiger partial charge on any atom is 0.264 e. The van der Waals surface area contributed by atoms with Crippen molar-refractivity contribution >= 4 is 27.5 Å². The number of nitrogens with zero attached hydrogens (tertiary/aromatic N) is 2. The van der Waals surface area contributed by atoms with E-state index in [2.05, 4.69) is 5.32 Å². The molecule has 1 atom stereocenters. The fourth-order valence-electron chi connectivity index (χ4n) is 4.25. The van der Waals surface area contributed by atoms with E-state index in [-0.39, 0.29) is 23.4 Å². The van der Waals surface area contributed by atoms with Crippen LogP contribution in [-0.4, -0.2) is 50.3 Å². The lowest BCUT2D eigenvalue weighted by atomic mass is 10.1. The molecule has 0 unspecified atom stereocenters. The van der Waals surface area contributed by atoms with E-state index in [1.807, 2.05) is 58.0 Å². The fraction of sp³-hybridized carbons (Fsp3) is 0.333. The largest absolute Gasteiger partial charge is 0.352 e. The van der Waals surface area contributed by atoms with E-state index in [1.165, 1.54) is 17.0 Å². The number of halogens is 1. The molecule has 208 valence electrons. The van der Waals surface area contributed by atoms with Gasteiger partial charge in [0.1, 0.15) is 18.4 Å². The van der Waals surface area contributed by atoms with Gasteiger partial charge in [-0.05, 0) is 75.6 Å². The number of nitrogens with one attached hydrogen (secondary N) is 1. The molecule has 0 radical (unpaired) electrons. The van der Waals surface area contributed by atoms with Gasteiger partial charge >= 0.3 is 0 Å². The second-order valence-corrected chi connectivity index (χ2v) is 11.6. The Balaban J connectivity index is 2.00. The van der Waals surface area contributed by atoms with Gasteiger partial charge in [-0.15, -0.1) is 0 Å². The molecule has 0 aliphatic heterocycles. The van der Waals surface area contributed by atoms with E-state index < -0.39 is 34.3 Å². The van der Waals surface area contributed by atoms with Crippen molar-refractivity contribution in [3.8, 4) is 0 Å². The highest BCUT2D eigenvalue weighted by Gasteiger charge is 2.33. The molecule has 7 nitrogen and oxygen atoms in total. The molecule has 2 amide bonds. The Morgan fingerprint density at radius 2 is 1.54 bits per heavy atom. The van der Waals surface area contributed by atoms with Crippen LogP contribution in [-0.2, 0) is 26.0 Å². The second-order valence-electron chi connectivity index (χ2n) is 9.71. The number of sulfonamides is 1. The molecule has 0 spiro atoms. The Kier molecular flexibility index (Phi) is 10.2. The first-order valence-corrected chi connectivity index (χ1v) is 14.5. The van der Waals surface area contributed by atoms with Crippen LogP contribution in [0.5, 0.6) is 0 Å². The number of rotatable bonds is 12. The lowest BCUT2D eigenvalue weighted by molar-refractivity contribution is -0.139. The number of carbonyl (C=O) groups is 2. The minimum atomic E-state index is -4.23. The second kappa shape index (κ2) is 13.4. The Morgan fingerprint density at radius 3 is 2.10 bits per heavy atom. The van der Waals surface area contributed by atoms with Crippen molar-refractivity contribution in [3.05, 3.63) is 95.8 Å². The van der Waals surface area contributed by atoms with Gasteiger partial charge in [0, 0.05) is 12.6 Å². The lowest BCUT2D eigenvalue weighted by Crippen LogP contribution is -2.54. The zero-order valence-corrected chi connectivity index (χ0v) is 23.6. The van der Waals surface area contributed by atoms with Gasteiger partial charge in [0.15, 0.2) is 0 Å². The number of hydrogen-bond acceptors (Lipinski definition) is 4. The summed E-state index contributed by atoms with van der Waals surface area (Å²) in [5, 5.41) is 2.88. The predicted molar refractivity (Wildman–Crippen MR) is 151 cm³/mol. The number of anilines is 1. The number of benzene rings is 3. The maximum absolute atomic E-state index is 13.9. The van der Waals surface area contributed by atoms with Crippen LogP contribution < -0.4 is 9.62 Å². The van der Waals surface area contributed by atoms with Crippen molar-refractivity contribution in [2.45, 2.75) is 57.5 Å². The Labute approximate surface area is 230 Å². The topological polar surface area (TPSA) is 86.8 Å². The average Bonchev–Trinajstić information content (AvgIpc) is 2.90. The third-order valence-corrected chi connectivity index (χ3v) is 8.09. The fourth-order valence-corrected chi connectivity index (χ4v) is 5.66. The number of amides is 2. The van der Waals surface area contributed by atoms with Crippen molar-refractivity contribution in [1.29, 1.82) is 0 Å². The zero-order chi connectivity index (χ0) is 28.6. The Hall–Kier alpha value is -3.72. The van der Waals surface area contributed by atoms with Crippen LogP contribution in [0.3, 0.4) is 0 Å². The monoisotopic (exact) mass is 553 g/mol. The highest BCUT2D eigenvalue weighted by molar-refractivity contribution is 7.92. The summed E-state index contributed by atoms with van der Waals surface area (Å²) in [5.41, 5.74) is 2.20. The van der Waals surface area contributed by atoms with Gasteiger partial charge in [0.2, 0.25) is 11.8 Å². The van der Waals surface area contributed by atoms with Crippen LogP contribution in [0.1, 0.15) is 38.3 Å². The summed E-state index contributed by atoms with van der Waals surface area (Å²) >= 11 is 0. The van der Waals surface area contributed by atoms with Gasteiger partial charge in [0.25, 0.3) is 10.0 Å². The van der Waals surface area contributed by atoms with Crippen LogP contribution >= 0.6 is 0 Å². The Bertz CT molecular complexity index is 1350.